The average molecular weight is 1100 g/mol. The molecular weight excluding hydrogens is 1040 g/mol. The van der Waals surface area contributed by atoms with E-state index in [4.69, 9.17) is 62.9 Å². The molecule has 0 saturated carbocycles. The third-order valence-corrected chi connectivity index (χ3v) is 36.0. The Hall–Kier alpha value is -2.06. The van der Waals surface area contributed by atoms with Gasteiger partial charge >= 0.3 is 36.2 Å². The van der Waals surface area contributed by atoms with Crippen LogP contribution in [-0.2, 0) is 50.9 Å². The highest BCUT2D eigenvalue weighted by Gasteiger charge is 2.70. The highest BCUT2D eigenvalue weighted by molar-refractivity contribution is 7.73. The zero-order chi connectivity index (χ0) is 49.6. The molecule has 0 aliphatic heterocycles. The van der Waals surface area contributed by atoms with Crippen molar-refractivity contribution in [2.24, 2.45) is 0 Å². The minimum Gasteiger partial charge on any atom is -0.496 e. The molecule has 0 bridgehead atoms. The Morgan fingerprint density at radius 1 is 0.485 bits per heavy atom. The average Bonchev–Trinajstić information content (AvgIpc) is 3.34. The quantitative estimate of drug-likeness (QED) is 0.0301. The van der Waals surface area contributed by atoms with E-state index in [0.717, 1.165) is 50.5 Å². The summed E-state index contributed by atoms with van der Waals surface area (Å²) in [4.78, 5) is 12.4. The maximum atomic E-state index is 12.4. The molecule has 4 rings (SSSR count). The van der Waals surface area contributed by atoms with Gasteiger partial charge in [-0.1, -0.05) is 146 Å². The van der Waals surface area contributed by atoms with Crippen molar-refractivity contribution < 1.29 is 55.7 Å². The van der Waals surface area contributed by atoms with Crippen LogP contribution in [0.25, 0.3) is 0 Å². The molecule has 0 amide bonds. The van der Waals surface area contributed by atoms with Crippen LogP contribution < -0.4 is 21.2 Å². The molecule has 0 saturated heterocycles. The van der Waals surface area contributed by atoms with Crippen molar-refractivity contribution in [3.63, 3.8) is 0 Å². The summed E-state index contributed by atoms with van der Waals surface area (Å²) in [6, 6.07) is 55.5. The van der Waals surface area contributed by atoms with Crippen LogP contribution in [0.1, 0.15) is 32.1 Å². The second-order valence-electron chi connectivity index (χ2n) is 16.4. The van der Waals surface area contributed by atoms with Crippen LogP contribution in [0, 0.1) is 12.0 Å². The van der Waals surface area contributed by atoms with Gasteiger partial charge in [0.1, 0.15) is 0 Å². The molecule has 0 heterocycles. The van der Waals surface area contributed by atoms with Gasteiger partial charge in [-0.05, 0) is 101 Å². The van der Waals surface area contributed by atoms with Crippen LogP contribution in [0.5, 0.6) is 0 Å². The molecule has 0 fully saturated rings. The summed E-state index contributed by atoms with van der Waals surface area (Å²) in [6.45, 7) is 7.94. The Morgan fingerprint density at radius 3 is 1.31 bits per heavy atom. The van der Waals surface area contributed by atoms with Crippen LogP contribution in [0.4, 0.5) is 0 Å². The van der Waals surface area contributed by atoms with Gasteiger partial charge in [0.25, 0.3) is 0 Å². The molecular formula is C45H68O13P2Si8. The normalized spacial score (nSPS) is 15.0. The molecule has 0 radical (unpaired) electrons. The van der Waals surface area contributed by atoms with Crippen molar-refractivity contribution in [3.8, 4) is 12.0 Å². The molecule has 68 heavy (non-hydrogen) atoms. The topological polar surface area (TPSA) is 131 Å². The van der Waals surface area contributed by atoms with Crippen LogP contribution in [0.3, 0.4) is 0 Å². The Balaban J connectivity index is 1.52. The van der Waals surface area contributed by atoms with E-state index in [-0.39, 0.29) is 0 Å². The highest BCUT2D eigenvalue weighted by atomic mass is 31.1. The first kappa shape index (κ1) is 58.5. The van der Waals surface area contributed by atoms with Crippen molar-refractivity contribution in [1.82, 2.24) is 0 Å². The zero-order valence-electron chi connectivity index (χ0n) is 40.8. The molecule has 0 aliphatic carbocycles. The third-order valence-electron chi connectivity index (χ3n) is 10.4. The summed E-state index contributed by atoms with van der Waals surface area (Å²) >= 11 is 0. The second-order valence-corrected chi connectivity index (χ2v) is 40.9. The van der Waals surface area contributed by atoms with Gasteiger partial charge in [-0.15, -0.1) is 12.0 Å². The van der Waals surface area contributed by atoms with Gasteiger partial charge in [-0.2, -0.15) is 0 Å². The Kier molecular flexibility index (Phi) is 24.8. The first-order valence-corrected chi connectivity index (χ1v) is 40.0. The highest BCUT2D eigenvalue weighted by Crippen LogP contribution is 2.37. The molecule has 2 unspecified atom stereocenters. The molecule has 368 valence electrons. The third kappa shape index (κ3) is 18.5. The van der Waals surface area contributed by atoms with Gasteiger partial charge in [0.2, 0.25) is 26.7 Å². The Morgan fingerprint density at radius 2 is 0.897 bits per heavy atom. The van der Waals surface area contributed by atoms with E-state index in [2.05, 4.69) is 115 Å². The van der Waals surface area contributed by atoms with Crippen molar-refractivity contribution >= 4 is 108 Å². The van der Waals surface area contributed by atoms with Crippen molar-refractivity contribution in [2.75, 3.05) is 47.9 Å². The van der Waals surface area contributed by atoms with Crippen LogP contribution in [-0.4, -0.2) is 124 Å². The lowest BCUT2D eigenvalue weighted by atomic mass is 10.3. The summed E-state index contributed by atoms with van der Waals surface area (Å²) in [5.41, 5.74) is 2.01. The summed E-state index contributed by atoms with van der Waals surface area (Å²) < 4.78 is 73.4. The molecule has 0 spiro atoms. The number of hydrogen-bond donors (Lipinski definition) is 1. The summed E-state index contributed by atoms with van der Waals surface area (Å²) in [5, 5.41) is 5.39. The summed E-state index contributed by atoms with van der Waals surface area (Å²) in [6.07, 6.45) is 8.77. The molecule has 0 aliphatic rings. The summed E-state index contributed by atoms with van der Waals surface area (Å²) in [7, 11) is -19.6. The van der Waals surface area contributed by atoms with E-state index in [1.165, 1.54) is 56.8 Å². The van der Waals surface area contributed by atoms with Gasteiger partial charge in [0, 0.05) is 35.5 Å². The van der Waals surface area contributed by atoms with Crippen LogP contribution in [0.2, 0.25) is 32.2 Å². The molecule has 13 nitrogen and oxygen atoms in total. The Bertz CT molecular complexity index is 2090. The first-order chi connectivity index (χ1) is 32.6. The van der Waals surface area contributed by atoms with Crippen molar-refractivity contribution in [3.05, 3.63) is 133 Å². The van der Waals surface area contributed by atoms with Crippen LogP contribution >= 0.6 is 15.8 Å². The van der Waals surface area contributed by atoms with Crippen molar-refractivity contribution in [2.45, 2.75) is 64.3 Å². The van der Waals surface area contributed by atoms with Crippen molar-refractivity contribution in [1.29, 1.82) is 0 Å². The predicted molar refractivity (Wildman–Crippen MR) is 289 cm³/mol. The van der Waals surface area contributed by atoms with Gasteiger partial charge in [0.05, 0.1) is 0 Å². The first-order valence-electron chi connectivity index (χ1n) is 22.3. The van der Waals surface area contributed by atoms with E-state index in [9.17, 15) is 4.80 Å². The van der Waals surface area contributed by atoms with Gasteiger partial charge in [-0.25, -0.2) is 0 Å². The minimum atomic E-state index is -5.02. The van der Waals surface area contributed by atoms with Gasteiger partial charge in [0.15, 0.2) is 8.32 Å². The zero-order valence-corrected chi connectivity index (χ0v) is 50.5. The largest absolute Gasteiger partial charge is 0.727 e. The molecule has 23 heteroatoms. The SMILES string of the molecule is C#[Si]O[Si](OC)(O[Si](C)(C)CCCCCP(c1ccccc1)c1ccccc1)O[Si@](O)(OC)O[Si](O[Si]#C)(O[Si](C)(C)/C=C/CCCP(c1ccccc1)c1ccccc1)O[Si](OC)(OC)OC. The number of allylic oxidation sites excluding steroid dienone is 1. The molecule has 1 N–H and O–H groups in total. The lowest BCUT2D eigenvalue weighted by Gasteiger charge is -2.40. The standard InChI is InChI=1S/C45H68O13P2Si8/c1-47-65(46,56-67(51-5,52-61-6)54-63(8,9)40-28-16-26-38-59(42-30-18-12-19-31-42)43-32-20-13-21-33-43)57-68(53-62-7,58-66(48-2,49-3)50-4)55-64(10,11)41-29-17-27-39-60(44-34-22-14-23-35-44)45-36-24-15-25-37-45/h6-7,12-15,18-25,29-37,41,46H,16-17,26-28,38-40H2,1-5,8-11H3/b41-29+/t65-,67?,68?/m0/s1. The monoisotopic (exact) mass is 1100 g/mol. The van der Waals surface area contributed by atoms with Crippen LogP contribution in [0.15, 0.2) is 133 Å². The van der Waals surface area contributed by atoms with Gasteiger partial charge in [-0.3, -0.25) is 0 Å². The fourth-order valence-electron chi connectivity index (χ4n) is 7.13. The second kappa shape index (κ2) is 28.8. The maximum absolute atomic E-state index is 12.4. The Labute approximate surface area is 418 Å². The van der Waals surface area contributed by atoms with E-state index in [1.54, 1.807) is 0 Å². The number of rotatable bonds is 32. The van der Waals surface area contributed by atoms with E-state index < -0.39 is 87.1 Å². The maximum Gasteiger partial charge on any atom is 0.727 e. The lowest BCUT2D eigenvalue weighted by molar-refractivity contribution is -0.0229. The van der Waals surface area contributed by atoms with Gasteiger partial charge < -0.3 is 55.7 Å². The van der Waals surface area contributed by atoms with E-state index in [1.807, 2.05) is 44.0 Å². The van der Waals surface area contributed by atoms with E-state index in [0.29, 0.717) is 0 Å². The number of benzene rings is 4. The molecule has 0 aromatic heterocycles. The number of unbranched alkanes of at least 4 members (excludes halogenated alkanes) is 3. The molecule has 4 aromatic carbocycles. The van der Waals surface area contributed by atoms with E-state index >= 15 is 0 Å². The number of hydrogen-bond acceptors (Lipinski definition) is 13. The fourth-order valence-corrected chi connectivity index (χ4v) is 33.2. The predicted octanol–water partition coefficient (Wildman–Crippen LogP) is 7.21. The summed E-state index contributed by atoms with van der Waals surface area (Å²) in [5.74, 6) is 0. The molecule has 4 aromatic rings. The molecule has 3 atom stereocenters. The lowest BCUT2D eigenvalue weighted by Crippen LogP contribution is -2.71. The smallest absolute Gasteiger partial charge is 0.496 e. The fraction of sp³-hybridized carbons (Fsp3) is 0.378. The minimum absolute atomic E-state index is 0.495.